The molecule has 0 fully saturated rings. The molecule has 0 aromatic heterocycles. The van der Waals surface area contributed by atoms with Gasteiger partial charge in [-0.1, -0.05) is 35.4 Å². The number of nitrogens with zero attached hydrogens (tertiary/aromatic N) is 2. The topological polar surface area (TPSA) is 56.1 Å². The van der Waals surface area contributed by atoms with Crippen molar-refractivity contribution >= 4 is 21.8 Å². The minimum atomic E-state index is -0.796. The van der Waals surface area contributed by atoms with Crippen molar-refractivity contribution in [1.29, 1.82) is 5.26 Å². The molecule has 1 atom stereocenters. The van der Waals surface area contributed by atoms with Crippen LogP contribution in [-0.2, 0) is 4.79 Å². The average Bonchev–Trinajstić information content (AvgIpc) is 2.33. The summed E-state index contributed by atoms with van der Waals surface area (Å²) >= 11 is 3.54. The number of hydrogen-bond donors (Lipinski definition) is 1. The maximum absolute atomic E-state index is 12.0. The van der Waals surface area contributed by atoms with Crippen molar-refractivity contribution in [2.45, 2.75) is 39.7 Å². The van der Waals surface area contributed by atoms with Crippen LogP contribution in [0.25, 0.3) is 0 Å². The van der Waals surface area contributed by atoms with E-state index in [1.54, 1.807) is 6.92 Å². The van der Waals surface area contributed by atoms with Gasteiger partial charge in [0.1, 0.15) is 5.54 Å². The lowest BCUT2D eigenvalue weighted by Crippen LogP contribution is -2.52. The number of amides is 1. The number of carbonyl (C=O) groups excluding carboxylic acids is 1. The van der Waals surface area contributed by atoms with Gasteiger partial charge < -0.3 is 5.32 Å². The molecule has 1 heterocycles. The Bertz CT molecular complexity index is 425. The lowest BCUT2D eigenvalue weighted by atomic mass is 9.90. The van der Waals surface area contributed by atoms with Crippen LogP contribution >= 0.6 is 15.9 Å². The molecule has 106 valence electrons. The first kappa shape index (κ1) is 16.2. The molecule has 1 amide bonds. The van der Waals surface area contributed by atoms with E-state index in [4.69, 9.17) is 0 Å². The average molecular weight is 328 g/mol. The number of halogens is 1. The predicted molar refractivity (Wildman–Crippen MR) is 79.7 cm³/mol. The van der Waals surface area contributed by atoms with Crippen molar-refractivity contribution in [3.8, 4) is 6.07 Å². The van der Waals surface area contributed by atoms with Gasteiger partial charge in [0.05, 0.1) is 12.6 Å². The fraction of sp³-hybridized carbons (Fsp3) is 0.714. The van der Waals surface area contributed by atoms with E-state index < -0.39 is 5.54 Å². The van der Waals surface area contributed by atoms with Gasteiger partial charge in [0, 0.05) is 17.6 Å². The van der Waals surface area contributed by atoms with Gasteiger partial charge in [-0.05, 0) is 26.2 Å². The van der Waals surface area contributed by atoms with Gasteiger partial charge >= 0.3 is 0 Å². The summed E-state index contributed by atoms with van der Waals surface area (Å²) in [5.41, 5.74) is 0.552. The third kappa shape index (κ3) is 4.32. The first-order valence-corrected chi connectivity index (χ1v) is 7.36. The molecule has 5 heteroatoms. The summed E-state index contributed by atoms with van der Waals surface area (Å²) in [7, 11) is 0. The Labute approximate surface area is 124 Å². The molecule has 0 saturated carbocycles. The van der Waals surface area contributed by atoms with Gasteiger partial charge in [-0.2, -0.15) is 5.26 Å². The molecular weight excluding hydrogens is 306 g/mol. The third-order valence-corrected chi connectivity index (χ3v) is 4.71. The first-order valence-electron chi connectivity index (χ1n) is 6.57. The second-order valence-corrected chi connectivity index (χ2v) is 6.62. The molecule has 0 aromatic carbocycles. The highest BCUT2D eigenvalue weighted by Gasteiger charge is 2.30. The van der Waals surface area contributed by atoms with Crippen molar-refractivity contribution in [2.75, 3.05) is 19.6 Å². The van der Waals surface area contributed by atoms with Crippen LogP contribution in [0.5, 0.6) is 0 Å². The molecule has 0 saturated heterocycles. The minimum Gasteiger partial charge on any atom is -0.337 e. The molecule has 0 aliphatic carbocycles. The van der Waals surface area contributed by atoms with Crippen LogP contribution in [-0.4, -0.2) is 36.0 Å². The molecule has 0 radical (unpaired) electrons. The van der Waals surface area contributed by atoms with Crippen molar-refractivity contribution in [3.63, 3.8) is 0 Å². The number of carbonyl (C=O) groups is 1. The Kier molecular flexibility index (Phi) is 5.57. The van der Waals surface area contributed by atoms with Gasteiger partial charge in [0.15, 0.2) is 0 Å². The Morgan fingerprint density at radius 3 is 2.74 bits per heavy atom. The molecule has 0 unspecified atom stereocenters. The lowest BCUT2D eigenvalue weighted by Gasteiger charge is -2.31. The Balaban J connectivity index is 2.56. The zero-order valence-electron chi connectivity index (χ0n) is 12.1. The summed E-state index contributed by atoms with van der Waals surface area (Å²) in [6, 6.07) is 2.19. The Hall–Kier alpha value is -0.860. The van der Waals surface area contributed by atoms with E-state index in [-0.39, 0.29) is 11.8 Å². The highest BCUT2D eigenvalue weighted by atomic mass is 79.9. The molecule has 4 nitrogen and oxygen atoms in total. The van der Waals surface area contributed by atoms with E-state index >= 15 is 0 Å². The van der Waals surface area contributed by atoms with E-state index in [2.05, 4.69) is 39.1 Å². The van der Waals surface area contributed by atoms with Crippen molar-refractivity contribution in [3.05, 3.63) is 10.1 Å². The van der Waals surface area contributed by atoms with Gasteiger partial charge in [0.25, 0.3) is 0 Å². The van der Waals surface area contributed by atoms with Crippen LogP contribution in [0.15, 0.2) is 10.1 Å². The number of rotatable bonds is 4. The molecular formula is C14H22BrN3O. The predicted octanol–water partition coefficient (Wildman–Crippen LogP) is 2.42. The van der Waals surface area contributed by atoms with Gasteiger partial charge in [-0.3, -0.25) is 9.69 Å². The van der Waals surface area contributed by atoms with Gasteiger partial charge in [-0.15, -0.1) is 0 Å². The summed E-state index contributed by atoms with van der Waals surface area (Å²) in [6.07, 6.45) is 0.980. The molecule has 1 N–H and O–H groups in total. The molecule has 0 aromatic rings. The lowest BCUT2D eigenvalue weighted by molar-refractivity contribution is -0.123. The van der Waals surface area contributed by atoms with Crippen LogP contribution in [0.1, 0.15) is 34.1 Å². The fourth-order valence-corrected chi connectivity index (χ4v) is 2.39. The zero-order chi connectivity index (χ0) is 14.6. The zero-order valence-corrected chi connectivity index (χ0v) is 13.7. The quantitative estimate of drug-likeness (QED) is 0.862. The third-order valence-electron chi connectivity index (χ3n) is 3.78. The van der Waals surface area contributed by atoms with E-state index in [9.17, 15) is 10.1 Å². The monoisotopic (exact) mass is 327 g/mol. The molecule has 0 spiro atoms. The van der Waals surface area contributed by atoms with Crippen LogP contribution < -0.4 is 5.32 Å². The standard InChI is InChI=1S/C14H22BrN3O/c1-10(2)14(4,9-16)17-13(19)8-18-6-5-11(3)12(15)7-18/h10H,5-8H2,1-4H3,(H,17,19)/t14-/m0/s1. The molecule has 1 rings (SSSR count). The maximum atomic E-state index is 12.0. The van der Waals surface area contributed by atoms with E-state index in [1.165, 1.54) is 10.1 Å². The fourth-order valence-electron chi connectivity index (χ4n) is 1.84. The summed E-state index contributed by atoms with van der Waals surface area (Å²) in [5, 5.41) is 12.0. The van der Waals surface area contributed by atoms with Crippen LogP contribution in [0.2, 0.25) is 0 Å². The number of nitriles is 1. The van der Waals surface area contributed by atoms with Crippen molar-refractivity contribution in [1.82, 2.24) is 10.2 Å². The Morgan fingerprint density at radius 2 is 2.26 bits per heavy atom. The van der Waals surface area contributed by atoms with Crippen molar-refractivity contribution in [2.24, 2.45) is 5.92 Å². The molecule has 19 heavy (non-hydrogen) atoms. The van der Waals surface area contributed by atoms with Crippen molar-refractivity contribution < 1.29 is 4.79 Å². The SMILES string of the molecule is CC1=C(Br)CN(CC(=O)N[C@@](C)(C#N)C(C)C)CC1. The van der Waals surface area contributed by atoms with Crippen LogP contribution in [0, 0.1) is 17.2 Å². The number of nitrogens with one attached hydrogen (secondary N) is 1. The summed E-state index contributed by atoms with van der Waals surface area (Å²) < 4.78 is 1.17. The first-order chi connectivity index (χ1) is 8.78. The molecule has 1 aliphatic heterocycles. The molecule has 0 bridgehead atoms. The summed E-state index contributed by atoms with van der Waals surface area (Å²) in [4.78, 5) is 14.1. The summed E-state index contributed by atoms with van der Waals surface area (Å²) in [5.74, 6) is -0.00529. The maximum Gasteiger partial charge on any atom is 0.235 e. The minimum absolute atomic E-state index is 0.0803. The van der Waals surface area contributed by atoms with E-state index in [1.807, 2.05) is 13.8 Å². The smallest absolute Gasteiger partial charge is 0.235 e. The highest BCUT2D eigenvalue weighted by molar-refractivity contribution is 9.11. The second-order valence-electron chi connectivity index (χ2n) is 5.66. The molecule has 1 aliphatic rings. The van der Waals surface area contributed by atoms with E-state index in [0.717, 1.165) is 19.5 Å². The van der Waals surface area contributed by atoms with Gasteiger partial charge in [0.2, 0.25) is 5.91 Å². The highest BCUT2D eigenvalue weighted by Crippen LogP contribution is 2.22. The second kappa shape index (κ2) is 6.53. The van der Waals surface area contributed by atoms with E-state index in [0.29, 0.717) is 6.54 Å². The largest absolute Gasteiger partial charge is 0.337 e. The number of hydrogen-bond acceptors (Lipinski definition) is 3. The Morgan fingerprint density at radius 1 is 1.63 bits per heavy atom. The van der Waals surface area contributed by atoms with Gasteiger partial charge in [-0.25, -0.2) is 0 Å². The normalized spacial score (nSPS) is 20.1. The van der Waals surface area contributed by atoms with Crippen LogP contribution in [0.3, 0.4) is 0 Å². The summed E-state index contributed by atoms with van der Waals surface area (Å²) in [6.45, 7) is 9.74. The van der Waals surface area contributed by atoms with Crippen LogP contribution in [0.4, 0.5) is 0 Å².